The summed E-state index contributed by atoms with van der Waals surface area (Å²) < 4.78 is 17.5. The number of carbonyl (C=O) groups excluding carboxylic acids is 2. The average molecular weight is 625 g/mol. The zero-order valence-corrected chi connectivity index (χ0v) is 28.0. The summed E-state index contributed by atoms with van der Waals surface area (Å²) in [7, 11) is 0.955. The van der Waals surface area contributed by atoms with Crippen molar-refractivity contribution in [3.05, 3.63) is 59.5 Å². The van der Waals surface area contributed by atoms with Crippen molar-refractivity contribution in [3.63, 3.8) is 0 Å². The highest BCUT2D eigenvalue weighted by Gasteiger charge is 2.53. The molecule has 2 aromatic carbocycles. The number of amides is 2. The van der Waals surface area contributed by atoms with Crippen LogP contribution in [0.25, 0.3) is 22.4 Å². The molecule has 4 aliphatic rings. The molecular formula is C36H45BN4O5. The Morgan fingerprint density at radius 3 is 2.37 bits per heavy atom. The van der Waals surface area contributed by atoms with E-state index in [1.54, 1.807) is 0 Å². The van der Waals surface area contributed by atoms with Crippen LogP contribution in [0.3, 0.4) is 0 Å². The van der Waals surface area contributed by atoms with Crippen LogP contribution in [0.2, 0.25) is 0 Å². The first-order valence-electron chi connectivity index (χ1n) is 16.7. The van der Waals surface area contributed by atoms with Crippen LogP contribution in [-0.4, -0.2) is 64.4 Å². The van der Waals surface area contributed by atoms with Gasteiger partial charge in [0.05, 0.1) is 36.2 Å². The van der Waals surface area contributed by atoms with Crippen molar-refractivity contribution in [2.45, 2.75) is 103 Å². The summed E-state index contributed by atoms with van der Waals surface area (Å²) in [5.41, 5.74) is 7.51. The van der Waals surface area contributed by atoms with Crippen molar-refractivity contribution in [2.24, 2.45) is 11.8 Å². The van der Waals surface area contributed by atoms with E-state index < -0.39 is 12.1 Å². The lowest BCUT2D eigenvalue weighted by molar-refractivity contribution is -0.139. The van der Waals surface area contributed by atoms with Gasteiger partial charge in [0.1, 0.15) is 11.9 Å². The fourth-order valence-electron chi connectivity index (χ4n) is 7.86. The number of benzene rings is 2. The fourth-order valence-corrected chi connectivity index (χ4v) is 7.86. The van der Waals surface area contributed by atoms with Gasteiger partial charge in [-0.3, -0.25) is 4.79 Å². The minimum Gasteiger partial charge on any atom is -0.453 e. The summed E-state index contributed by atoms with van der Waals surface area (Å²) in [6, 6.07) is 12.6. The molecule has 0 unspecified atom stereocenters. The third kappa shape index (κ3) is 5.14. The number of methoxy groups -OCH3 is 1. The minimum absolute atomic E-state index is 0.0652. The van der Waals surface area contributed by atoms with Crippen LogP contribution in [0.5, 0.6) is 0 Å². The van der Waals surface area contributed by atoms with Crippen molar-refractivity contribution < 1.29 is 23.6 Å². The summed E-state index contributed by atoms with van der Waals surface area (Å²) >= 11 is 0. The smallest absolute Gasteiger partial charge is 0.453 e. The number of rotatable bonds is 6. The van der Waals surface area contributed by atoms with Crippen LogP contribution < -0.4 is 10.8 Å². The van der Waals surface area contributed by atoms with Crippen LogP contribution in [0.1, 0.15) is 83.8 Å². The molecule has 2 amide bonds. The fraction of sp³-hybridized carbons (Fsp3) is 0.528. The molecule has 3 fully saturated rings. The molecule has 242 valence electrons. The van der Waals surface area contributed by atoms with E-state index in [9.17, 15) is 9.59 Å². The molecule has 2 saturated heterocycles. The van der Waals surface area contributed by atoms with Gasteiger partial charge in [-0.05, 0) is 111 Å². The zero-order chi connectivity index (χ0) is 32.5. The Morgan fingerprint density at radius 1 is 1.02 bits per heavy atom. The minimum atomic E-state index is -0.653. The van der Waals surface area contributed by atoms with Gasteiger partial charge < -0.3 is 29.2 Å². The lowest BCUT2D eigenvalue weighted by atomic mass is 9.75. The second-order valence-electron chi connectivity index (χ2n) is 14.8. The summed E-state index contributed by atoms with van der Waals surface area (Å²) in [6.45, 7) is 12.2. The lowest BCUT2D eigenvalue weighted by Gasteiger charge is -2.37. The molecule has 3 heterocycles. The molecule has 7 rings (SSSR count). The van der Waals surface area contributed by atoms with E-state index >= 15 is 0 Å². The van der Waals surface area contributed by atoms with Crippen molar-refractivity contribution in [1.82, 2.24) is 20.2 Å². The molecule has 9 nitrogen and oxygen atoms in total. The van der Waals surface area contributed by atoms with E-state index in [0.29, 0.717) is 5.92 Å². The second-order valence-corrected chi connectivity index (χ2v) is 14.8. The third-order valence-corrected chi connectivity index (χ3v) is 11.1. The Morgan fingerprint density at radius 2 is 1.70 bits per heavy atom. The Hall–Kier alpha value is -3.63. The number of nitrogens with one attached hydrogen (secondary N) is 2. The molecule has 3 aromatic rings. The molecule has 2 N–H and O–H groups in total. The predicted molar refractivity (Wildman–Crippen MR) is 177 cm³/mol. The van der Waals surface area contributed by atoms with Gasteiger partial charge in [0.15, 0.2) is 0 Å². The second kappa shape index (κ2) is 11.3. The Kier molecular flexibility index (Phi) is 7.59. The Balaban J connectivity index is 1.12. The summed E-state index contributed by atoms with van der Waals surface area (Å²) in [5.74, 6) is 1.02. The first kappa shape index (κ1) is 31.0. The van der Waals surface area contributed by atoms with Crippen LogP contribution in [-0.2, 0) is 31.7 Å². The van der Waals surface area contributed by atoms with Crippen molar-refractivity contribution in [2.75, 3.05) is 7.11 Å². The normalized spacial score (nSPS) is 24.6. The van der Waals surface area contributed by atoms with Gasteiger partial charge in [-0.2, -0.15) is 0 Å². The number of piperidine rings is 1. The highest BCUT2D eigenvalue weighted by atomic mass is 16.7. The molecular weight excluding hydrogens is 579 g/mol. The lowest BCUT2D eigenvalue weighted by Crippen LogP contribution is -2.54. The predicted octanol–water partition coefficient (Wildman–Crippen LogP) is 5.57. The maximum atomic E-state index is 13.9. The summed E-state index contributed by atoms with van der Waals surface area (Å²) in [6.07, 6.45) is 6.22. The van der Waals surface area contributed by atoms with Crippen LogP contribution >= 0.6 is 0 Å². The largest absolute Gasteiger partial charge is 0.494 e. The van der Waals surface area contributed by atoms with E-state index in [0.717, 1.165) is 54.6 Å². The molecule has 10 heteroatoms. The van der Waals surface area contributed by atoms with Crippen LogP contribution in [0.4, 0.5) is 4.79 Å². The number of aromatic nitrogens is 2. The first-order valence-corrected chi connectivity index (χ1v) is 16.7. The van der Waals surface area contributed by atoms with E-state index in [2.05, 4.69) is 74.4 Å². The zero-order valence-electron chi connectivity index (χ0n) is 28.0. The standard InChI is InChI=1S/C36H45BN4O5/c1-20(2)30(40-34(43)44-7)33(42)41-26-13-10-24(18-26)31(41)32-38-19-29(39-32)23-11-14-27-21(16-23)8-9-22-17-25(12-15-28(22)27)37-45-35(3,4)36(5,6)46-37/h11-12,14-17,19-20,24,26,30-31H,8-10,13,18H2,1-7H3,(H,38,39)(H,40,43)/t24-,26+,30-,31-/m0/s1. The van der Waals surface area contributed by atoms with Crippen molar-refractivity contribution in [1.29, 1.82) is 0 Å². The van der Waals surface area contributed by atoms with Gasteiger partial charge in [0.2, 0.25) is 5.91 Å². The summed E-state index contributed by atoms with van der Waals surface area (Å²) in [5, 5.41) is 2.77. The van der Waals surface area contributed by atoms with Gasteiger partial charge in [0, 0.05) is 6.04 Å². The first-order chi connectivity index (χ1) is 21.9. The van der Waals surface area contributed by atoms with Gasteiger partial charge in [0.25, 0.3) is 0 Å². The van der Waals surface area contributed by atoms with Crippen molar-refractivity contribution >= 4 is 24.6 Å². The number of hydrogen-bond donors (Lipinski definition) is 2. The van der Waals surface area contributed by atoms with Gasteiger partial charge in [-0.25, -0.2) is 9.78 Å². The molecule has 1 saturated carbocycles. The SMILES string of the molecule is COC(=O)N[C@H](C(=O)N1[C@@H]2CC[C@@H](C2)[C@H]1c1ncc(-c2ccc3c(c2)CCc2cc(B4OC(C)(C)C(C)(C)O4)ccc2-3)[nH]1)C(C)C. The van der Waals surface area contributed by atoms with Gasteiger partial charge >= 0.3 is 13.2 Å². The molecule has 4 atom stereocenters. The third-order valence-electron chi connectivity index (χ3n) is 11.1. The van der Waals surface area contributed by atoms with Gasteiger partial charge in [-0.15, -0.1) is 0 Å². The summed E-state index contributed by atoms with van der Waals surface area (Å²) in [4.78, 5) is 36.4. The highest BCUT2D eigenvalue weighted by Crippen LogP contribution is 2.50. The van der Waals surface area contributed by atoms with E-state index in [-0.39, 0.29) is 42.2 Å². The molecule has 46 heavy (non-hydrogen) atoms. The number of hydrogen-bond acceptors (Lipinski definition) is 6. The maximum absolute atomic E-state index is 13.9. The number of carbonyl (C=O) groups is 2. The molecule has 0 radical (unpaired) electrons. The maximum Gasteiger partial charge on any atom is 0.494 e. The molecule has 1 aromatic heterocycles. The Labute approximate surface area is 271 Å². The van der Waals surface area contributed by atoms with Crippen LogP contribution in [0, 0.1) is 11.8 Å². The number of likely N-dealkylation sites (tertiary alicyclic amines) is 1. The van der Waals surface area contributed by atoms with Crippen LogP contribution in [0.15, 0.2) is 42.6 Å². The topological polar surface area (TPSA) is 106 Å². The van der Waals surface area contributed by atoms with Crippen molar-refractivity contribution in [3.8, 4) is 22.4 Å². The Bertz CT molecular complexity index is 1670. The number of fused-ring (bicyclic) bond motifs is 5. The molecule has 2 bridgehead atoms. The number of aryl methyl sites for hydroxylation is 2. The molecule has 0 spiro atoms. The number of ether oxygens (including phenoxy) is 1. The molecule has 2 aliphatic heterocycles. The average Bonchev–Trinajstić information content (AvgIpc) is 3.81. The number of H-pyrrole nitrogens is 1. The monoisotopic (exact) mass is 624 g/mol. The van der Waals surface area contributed by atoms with E-state index in [1.165, 1.54) is 29.4 Å². The van der Waals surface area contributed by atoms with E-state index in [4.69, 9.17) is 19.0 Å². The van der Waals surface area contributed by atoms with Gasteiger partial charge in [-0.1, -0.05) is 44.2 Å². The number of aromatic amines is 1. The van der Waals surface area contributed by atoms with E-state index in [1.807, 2.05) is 24.9 Å². The quantitative estimate of drug-likeness (QED) is 0.348. The number of alkyl carbamates (subject to hydrolysis) is 1. The number of imidazole rings is 1. The molecule has 2 aliphatic carbocycles. The highest BCUT2D eigenvalue weighted by molar-refractivity contribution is 6.62. The number of nitrogens with zero attached hydrogens (tertiary/aromatic N) is 2.